The minimum Gasteiger partial charge on any atom is -0.495 e. The van der Waals surface area contributed by atoms with Crippen LogP contribution in [0.4, 0.5) is 5.69 Å². The predicted molar refractivity (Wildman–Crippen MR) is 183 cm³/mol. The van der Waals surface area contributed by atoms with E-state index >= 15 is 0 Å². The molecule has 242 valence electrons. The van der Waals surface area contributed by atoms with E-state index in [0.717, 1.165) is 21.0 Å². The van der Waals surface area contributed by atoms with Crippen LogP contribution >= 0.6 is 11.6 Å². The number of aryl methyl sites for hydroxylation is 1. The molecule has 0 aliphatic carbocycles. The molecule has 0 saturated carbocycles. The second-order valence-corrected chi connectivity index (χ2v) is 14.4. The van der Waals surface area contributed by atoms with Crippen molar-refractivity contribution in [3.63, 3.8) is 0 Å². The van der Waals surface area contributed by atoms with Gasteiger partial charge >= 0.3 is 0 Å². The summed E-state index contributed by atoms with van der Waals surface area (Å²) < 4.78 is 34.6. The van der Waals surface area contributed by atoms with Gasteiger partial charge in [0.1, 0.15) is 18.3 Å². The third-order valence-electron chi connectivity index (χ3n) is 7.24. The van der Waals surface area contributed by atoms with E-state index in [4.69, 9.17) is 16.3 Å². The molecule has 4 rings (SSSR count). The van der Waals surface area contributed by atoms with Crippen LogP contribution < -0.4 is 14.4 Å². The summed E-state index contributed by atoms with van der Waals surface area (Å²) in [5.74, 6) is -0.545. The van der Waals surface area contributed by atoms with Crippen LogP contribution in [-0.2, 0) is 32.6 Å². The van der Waals surface area contributed by atoms with Crippen LogP contribution in [0, 0.1) is 6.92 Å². The van der Waals surface area contributed by atoms with Crippen LogP contribution in [0.3, 0.4) is 0 Å². The Kier molecular flexibility index (Phi) is 11.1. The van der Waals surface area contributed by atoms with Crippen molar-refractivity contribution in [2.24, 2.45) is 0 Å². The van der Waals surface area contributed by atoms with E-state index in [1.54, 1.807) is 24.3 Å². The van der Waals surface area contributed by atoms with Gasteiger partial charge in [-0.05, 0) is 69.2 Å². The van der Waals surface area contributed by atoms with E-state index in [-0.39, 0.29) is 34.5 Å². The minimum atomic E-state index is -4.25. The van der Waals surface area contributed by atoms with Crippen LogP contribution in [0.1, 0.15) is 37.5 Å². The molecule has 0 radical (unpaired) electrons. The predicted octanol–water partition coefficient (Wildman–Crippen LogP) is 6.41. The van der Waals surface area contributed by atoms with E-state index in [1.807, 2.05) is 82.3 Å². The zero-order chi connectivity index (χ0) is 33.5. The summed E-state index contributed by atoms with van der Waals surface area (Å²) >= 11 is 6.44. The summed E-state index contributed by atoms with van der Waals surface area (Å²) in [4.78, 5) is 30.1. The molecule has 8 nitrogen and oxygen atoms in total. The maximum absolute atomic E-state index is 14.6. The normalized spacial score (nSPS) is 12.2. The lowest BCUT2D eigenvalue weighted by Crippen LogP contribution is -2.56. The van der Waals surface area contributed by atoms with Crippen molar-refractivity contribution in [3.8, 4) is 5.75 Å². The van der Waals surface area contributed by atoms with Crippen molar-refractivity contribution in [2.45, 2.75) is 57.1 Å². The number of anilines is 1. The molecule has 0 aliphatic rings. The summed E-state index contributed by atoms with van der Waals surface area (Å²) in [7, 11) is -2.79. The Morgan fingerprint density at radius 2 is 1.50 bits per heavy atom. The summed E-state index contributed by atoms with van der Waals surface area (Å²) in [5, 5.41) is 3.22. The maximum atomic E-state index is 14.6. The molecule has 2 amide bonds. The van der Waals surface area contributed by atoms with Crippen molar-refractivity contribution >= 4 is 39.1 Å². The van der Waals surface area contributed by atoms with Gasteiger partial charge in [-0.25, -0.2) is 8.42 Å². The fourth-order valence-corrected chi connectivity index (χ4v) is 6.75. The number of nitrogens with zero attached hydrogens (tertiary/aromatic N) is 2. The first-order chi connectivity index (χ1) is 21.8. The summed E-state index contributed by atoms with van der Waals surface area (Å²) in [5.41, 5.74) is 2.25. The second kappa shape index (κ2) is 14.8. The first kappa shape index (κ1) is 34.5. The van der Waals surface area contributed by atoms with Gasteiger partial charge in [-0.3, -0.25) is 13.9 Å². The van der Waals surface area contributed by atoms with Gasteiger partial charge in [0.05, 0.1) is 22.7 Å². The third-order valence-corrected chi connectivity index (χ3v) is 9.32. The molecule has 0 fully saturated rings. The Bertz CT molecular complexity index is 1760. The van der Waals surface area contributed by atoms with E-state index in [9.17, 15) is 18.0 Å². The standard InChI is InChI=1S/C36H40ClN3O5S/c1-26-13-12-16-28(21-26)24-39(32(35(42)38-36(2,3)4)22-27-14-8-6-9-15-27)34(41)25-40(29-19-20-33(45-5)31(37)23-29)46(43,44)30-17-10-7-11-18-30/h6-21,23,32H,22,24-25H2,1-5H3,(H,38,42)/t32-/m0/s1. The molecule has 0 saturated heterocycles. The lowest BCUT2D eigenvalue weighted by Gasteiger charge is -2.35. The van der Waals surface area contributed by atoms with E-state index in [2.05, 4.69) is 5.32 Å². The average molecular weight is 662 g/mol. The maximum Gasteiger partial charge on any atom is 0.264 e. The first-order valence-electron chi connectivity index (χ1n) is 14.9. The number of amides is 2. The number of carbonyl (C=O) groups excluding carboxylic acids is 2. The number of hydrogen-bond acceptors (Lipinski definition) is 5. The number of halogens is 1. The zero-order valence-corrected chi connectivity index (χ0v) is 28.3. The highest BCUT2D eigenvalue weighted by atomic mass is 35.5. The smallest absolute Gasteiger partial charge is 0.264 e. The van der Waals surface area contributed by atoms with Crippen LogP contribution in [0.15, 0.2) is 108 Å². The van der Waals surface area contributed by atoms with Gasteiger partial charge in [0.25, 0.3) is 10.0 Å². The molecule has 10 heteroatoms. The summed E-state index contributed by atoms with van der Waals surface area (Å²) in [6, 6.07) is 28.6. The van der Waals surface area contributed by atoms with Gasteiger partial charge in [-0.15, -0.1) is 0 Å². The average Bonchev–Trinajstić information content (AvgIpc) is 3.01. The fraction of sp³-hybridized carbons (Fsp3) is 0.278. The van der Waals surface area contributed by atoms with Crippen molar-refractivity contribution in [1.29, 1.82) is 0 Å². The Balaban J connectivity index is 1.84. The molecular formula is C36H40ClN3O5S. The Labute approximate surface area is 277 Å². The molecular weight excluding hydrogens is 622 g/mol. The monoisotopic (exact) mass is 661 g/mol. The summed E-state index contributed by atoms with van der Waals surface area (Å²) in [6.07, 6.45) is 0.222. The largest absolute Gasteiger partial charge is 0.495 e. The molecule has 46 heavy (non-hydrogen) atoms. The lowest BCUT2D eigenvalue weighted by atomic mass is 10.0. The molecule has 4 aromatic carbocycles. The van der Waals surface area contributed by atoms with Crippen LogP contribution in [0.25, 0.3) is 0 Å². The van der Waals surface area contributed by atoms with Crippen LogP contribution in [-0.4, -0.2) is 50.4 Å². The van der Waals surface area contributed by atoms with E-state index in [0.29, 0.717) is 5.75 Å². The molecule has 0 unspecified atom stereocenters. The van der Waals surface area contributed by atoms with Crippen molar-refractivity contribution in [3.05, 3.63) is 125 Å². The van der Waals surface area contributed by atoms with Crippen molar-refractivity contribution in [2.75, 3.05) is 18.0 Å². The number of rotatable bonds is 12. The van der Waals surface area contributed by atoms with Gasteiger partial charge in [0.15, 0.2) is 0 Å². The fourth-order valence-electron chi connectivity index (χ4n) is 5.07. The SMILES string of the molecule is COc1ccc(N(CC(=O)N(Cc2cccc(C)c2)[C@@H](Cc2ccccc2)C(=O)NC(C)(C)C)S(=O)(=O)c2ccccc2)cc1Cl. The lowest BCUT2D eigenvalue weighted by molar-refractivity contribution is -0.140. The quantitative estimate of drug-likeness (QED) is 0.189. The van der Waals surface area contributed by atoms with Crippen LogP contribution in [0.5, 0.6) is 5.75 Å². The molecule has 4 aromatic rings. The highest BCUT2D eigenvalue weighted by Gasteiger charge is 2.35. The van der Waals surface area contributed by atoms with Crippen molar-refractivity contribution < 1.29 is 22.7 Å². The van der Waals surface area contributed by atoms with E-state index in [1.165, 1.54) is 36.3 Å². The Morgan fingerprint density at radius 1 is 0.870 bits per heavy atom. The second-order valence-electron chi connectivity index (χ2n) is 12.1. The Morgan fingerprint density at radius 3 is 2.09 bits per heavy atom. The number of carbonyl (C=O) groups is 2. The topological polar surface area (TPSA) is 96.0 Å². The number of methoxy groups -OCH3 is 1. The first-order valence-corrected chi connectivity index (χ1v) is 16.7. The summed E-state index contributed by atoms with van der Waals surface area (Å²) in [6.45, 7) is 7.07. The number of benzene rings is 4. The van der Waals surface area contributed by atoms with Gasteiger partial charge in [0.2, 0.25) is 11.8 Å². The molecule has 0 bridgehead atoms. The van der Waals surface area contributed by atoms with Gasteiger partial charge in [-0.1, -0.05) is 90.0 Å². The van der Waals surface area contributed by atoms with Gasteiger partial charge in [-0.2, -0.15) is 0 Å². The molecule has 0 aliphatic heterocycles. The molecule has 1 atom stereocenters. The number of ether oxygens (including phenoxy) is 1. The third kappa shape index (κ3) is 8.89. The van der Waals surface area contributed by atoms with Gasteiger partial charge in [0, 0.05) is 18.5 Å². The highest BCUT2D eigenvalue weighted by molar-refractivity contribution is 7.92. The van der Waals surface area contributed by atoms with Gasteiger partial charge < -0.3 is 15.0 Å². The number of sulfonamides is 1. The zero-order valence-electron chi connectivity index (χ0n) is 26.7. The number of nitrogens with one attached hydrogen (secondary N) is 1. The van der Waals surface area contributed by atoms with Crippen LogP contribution in [0.2, 0.25) is 5.02 Å². The van der Waals surface area contributed by atoms with E-state index < -0.39 is 34.1 Å². The van der Waals surface area contributed by atoms with Crippen molar-refractivity contribution in [1.82, 2.24) is 10.2 Å². The Hall–Kier alpha value is -4.34. The highest BCUT2D eigenvalue weighted by Crippen LogP contribution is 2.32. The molecule has 0 aromatic heterocycles. The minimum absolute atomic E-state index is 0.00582. The molecule has 1 N–H and O–H groups in total. The molecule has 0 heterocycles. The number of hydrogen-bond donors (Lipinski definition) is 1. The molecule has 0 spiro atoms.